The van der Waals surface area contributed by atoms with Crippen molar-refractivity contribution in [3.8, 4) is 0 Å². The molecule has 2 heterocycles. The summed E-state index contributed by atoms with van der Waals surface area (Å²) >= 11 is 0. The van der Waals surface area contributed by atoms with Crippen LogP contribution in [-0.2, 0) is 17.6 Å². The average Bonchev–Trinajstić information content (AvgIpc) is 3.03. The molecule has 1 aliphatic rings. The highest BCUT2D eigenvalue weighted by Crippen LogP contribution is 2.29. The van der Waals surface area contributed by atoms with Crippen LogP contribution in [0, 0.1) is 0 Å². The lowest BCUT2D eigenvalue weighted by molar-refractivity contribution is -0.117. The number of benzene rings is 1. The van der Waals surface area contributed by atoms with E-state index in [-0.39, 0.29) is 11.7 Å². The number of carbonyl (C=O) groups excluding carboxylic acids is 2. The van der Waals surface area contributed by atoms with Gasteiger partial charge in [0.2, 0.25) is 5.91 Å². The van der Waals surface area contributed by atoms with E-state index in [1.54, 1.807) is 24.1 Å². The van der Waals surface area contributed by atoms with Gasteiger partial charge in [0.25, 0.3) is 0 Å². The van der Waals surface area contributed by atoms with Gasteiger partial charge in [-0.2, -0.15) is 0 Å². The molecule has 0 aliphatic carbocycles. The van der Waals surface area contributed by atoms with Crippen LogP contribution in [0.5, 0.6) is 0 Å². The second-order valence-corrected chi connectivity index (χ2v) is 4.91. The molecule has 3 rings (SSSR count). The van der Waals surface area contributed by atoms with E-state index in [1.807, 2.05) is 19.1 Å². The van der Waals surface area contributed by atoms with Gasteiger partial charge in [-0.15, -0.1) is 0 Å². The Morgan fingerprint density at radius 1 is 1.35 bits per heavy atom. The number of ketones is 1. The van der Waals surface area contributed by atoms with E-state index in [2.05, 4.69) is 0 Å². The first-order chi connectivity index (χ1) is 9.61. The van der Waals surface area contributed by atoms with Crippen molar-refractivity contribution in [1.82, 2.24) is 0 Å². The molecule has 1 amide bonds. The first-order valence-electron chi connectivity index (χ1n) is 6.62. The van der Waals surface area contributed by atoms with Gasteiger partial charge in [-0.1, -0.05) is 6.92 Å². The maximum atomic E-state index is 12.5. The third-order valence-electron chi connectivity index (χ3n) is 3.73. The third kappa shape index (κ3) is 1.84. The first-order valence-corrected chi connectivity index (χ1v) is 6.62. The molecule has 0 fully saturated rings. The Morgan fingerprint density at radius 2 is 2.15 bits per heavy atom. The minimum absolute atomic E-state index is 0.0552. The average molecular weight is 269 g/mol. The zero-order valence-corrected chi connectivity index (χ0v) is 11.5. The van der Waals surface area contributed by atoms with Crippen LogP contribution in [0.1, 0.15) is 34.2 Å². The zero-order valence-electron chi connectivity index (χ0n) is 11.5. The largest absolute Gasteiger partial charge is 0.469 e. The maximum absolute atomic E-state index is 12.5. The molecule has 0 radical (unpaired) electrons. The van der Waals surface area contributed by atoms with Crippen molar-refractivity contribution < 1.29 is 14.0 Å². The number of aryl methyl sites for hydroxylation is 1. The standard InChI is InChI=1S/C16H15NO3/c1-3-14-12(6-7-20-14)16(19)10-4-5-13-11(8-10)9-15(18)17(13)2/h4-8H,3,9H2,1-2H3. The molecule has 0 atom stereocenters. The molecule has 0 spiro atoms. The van der Waals surface area contributed by atoms with E-state index in [1.165, 1.54) is 6.26 Å². The lowest BCUT2D eigenvalue weighted by Crippen LogP contribution is -2.20. The van der Waals surface area contributed by atoms with E-state index >= 15 is 0 Å². The topological polar surface area (TPSA) is 50.5 Å². The van der Waals surface area contributed by atoms with Gasteiger partial charge in [0.1, 0.15) is 5.76 Å². The second kappa shape index (κ2) is 4.63. The summed E-state index contributed by atoms with van der Waals surface area (Å²) in [6.07, 6.45) is 2.58. The molecule has 4 nitrogen and oxygen atoms in total. The highest BCUT2D eigenvalue weighted by Gasteiger charge is 2.25. The molecular formula is C16H15NO3. The minimum Gasteiger partial charge on any atom is -0.469 e. The maximum Gasteiger partial charge on any atom is 0.231 e. The Bertz CT molecular complexity index is 699. The van der Waals surface area contributed by atoms with Crippen LogP contribution >= 0.6 is 0 Å². The van der Waals surface area contributed by atoms with Gasteiger partial charge in [-0.25, -0.2) is 0 Å². The Kier molecular flexibility index (Phi) is 2.93. The fourth-order valence-electron chi connectivity index (χ4n) is 2.58. The van der Waals surface area contributed by atoms with Crippen LogP contribution in [-0.4, -0.2) is 18.7 Å². The predicted molar refractivity (Wildman–Crippen MR) is 75.1 cm³/mol. The molecule has 0 N–H and O–H groups in total. The Labute approximate surface area is 117 Å². The van der Waals surface area contributed by atoms with Crippen molar-refractivity contribution >= 4 is 17.4 Å². The molecule has 102 valence electrons. The molecule has 0 saturated heterocycles. The van der Waals surface area contributed by atoms with Gasteiger partial charge in [0.15, 0.2) is 5.78 Å². The summed E-state index contributed by atoms with van der Waals surface area (Å²) < 4.78 is 5.30. The fraction of sp³-hybridized carbons (Fsp3) is 0.250. The summed E-state index contributed by atoms with van der Waals surface area (Å²) in [5.41, 5.74) is 2.99. The Morgan fingerprint density at radius 3 is 2.90 bits per heavy atom. The van der Waals surface area contributed by atoms with E-state index < -0.39 is 0 Å². The van der Waals surface area contributed by atoms with Gasteiger partial charge < -0.3 is 9.32 Å². The number of likely N-dealkylation sites (N-methyl/N-ethyl adjacent to an activating group) is 1. The number of hydrogen-bond donors (Lipinski definition) is 0. The molecule has 1 aromatic carbocycles. The van der Waals surface area contributed by atoms with Crippen molar-refractivity contribution in [2.45, 2.75) is 19.8 Å². The monoisotopic (exact) mass is 269 g/mol. The van der Waals surface area contributed by atoms with E-state index in [9.17, 15) is 9.59 Å². The van der Waals surface area contributed by atoms with Crippen molar-refractivity contribution in [3.63, 3.8) is 0 Å². The van der Waals surface area contributed by atoms with E-state index in [0.717, 1.165) is 11.3 Å². The quantitative estimate of drug-likeness (QED) is 0.805. The molecular weight excluding hydrogens is 254 g/mol. The van der Waals surface area contributed by atoms with Gasteiger partial charge in [0.05, 0.1) is 18.2 Å². The number of rotatable bonds is 3. The SMILES string of the molecule is CCc1occc1C(=O)c1ccc2c(c1)CC(=O)N2C. The number of amides is 1. The molecule has 4 heteroatoms. The highest BCUT2D eigenvalue weighted by molar-refractivity contribution is 6.11. The fourth-order valence-corrected chi connectivity index (χ4v) is 2.58. The predicted octanol–water partition coefficient (Wildman–Crippen LogP) is 2.59. The van der Waals surface area contributed by atoms with Crippen molar-refractivity contribution in [3.05, 3.63) is 53.0 Å². The summed E-state index contributed by atoms with van der Waals surface area (Å²) in [5.74, 6) is 0.700. The third-order valence-corrected chi connectivity index (χ3v) is 3.73. The summed E-state index contributed by atoms with van der Waals surface area (Å²) in [4.78, 5) is 25.8. The molecule has 1 aliphatic heterocycles. The molecule has 0 saturated carbocycles. The van der Waals surface area contributed by atoms with Gasteiger partial charge in [-0.05, 0) is 29.8 Å². The molecule has 1 aromatic heterocycles. The smallest absolute Gasteiger partial charge is 0.231 e. The highest BCUT2D eigenvalue weighted by atomic mass is 16.3. The van der Waals surface area contributed by atoms with E-state index in [4.69, 9.17) is 4.42 Å². The minimum atomic E-state index is -0.0552. The van der Waals surface area contributed by atoms with Crippen LogP contribution in [0.2, 0.25) is 0 Å². The number of carbonyl (C=O) groups is 2. The van der Waals surface area contributed by atoms with Crippen LogP contribution in [0.3, 0.4) is 0 Å². The van der Waals surface area contributed by atoms with Crippen molar-refractivity contribution in [2.75, 3.05) is 11.9 Å². The van der Waals surface area contributed by atoms with Crippen LogP contribution in [0.15, 0.2) is 34.9 Å². The van der Waals surface area contributed by atoms with E-state index in [0.29, 0.717) is 29.7 Å². The molecule has 20 heavy (non-hydrogen) atoms. The summed E-state index contributed by atoms with van der Waals surface area (Å²) in [6, 6.07) is 7.11. The number of furan rings is 1. The van der Waals surface area contributed by atoms with Crippen LogP contribution < -0.4 is 4.90 Å². The molecule has 2 aromatic rings. The first kappa shape index (κ1) is 12.7. The summed E-state index contributed by atoms with van der Waals surface area (Å²) in [7, 11) is 1.75. The number of hydrogen-bond acceptors (Lipinski definition) is 3. The van der Waals surface area contributed by atoms with Gasteiger partial charge >= 0.3 is 0 Å². The van der Waals surface area contributed by atoms with Crippen molar-refractivity contribution in [1.29, 1.82) is 0 Å². The van der Waals surface area contributed by atoms with Gasteiger partial charge in [0, 0.05) is 24.7 Å². The molecule has 0 unspecified atom stereocenters. The zero-order chi connectivity index (χ0) is 14.3. The number of nitrogens with zero attached hydrogens (tertiary/aromatic N) is 1. The summed E-state index contributed by atoms with van der Waals surface area (Å²) in [5, 5.41) is 0. The second-order valence-electron chi connectivity index (χ2n) is 4.91. The van der Waals surface area contributed by atoms with Crippen LogP contribution in [0.4, 0.5) is 5.69 Å². The lowest BCUT2D eigenvalue weighted by Gasteiger charge is -2.10. The lowest BCUT2D eigenvalue weighted by atomic mass is 10.00. The molecule has 0 bridgehead atoms. The Balaban J connectivity index is 1.99. The van der Waals surface area contributed by atoms with Gasteiger partial charge in [-0.3, -0.25) is 9.59 Å². The number of anilines is 1. The normalized spacial score (nSPS) is 13.7. The summed E-state index contributed by atoms with van der Waals surface area (Å²) in [6.45, 7) is 1.95. The Hall–Kier alpha value is -2.36. The van der Waals surface area contributed by atoms with Crippen molar-refractivity contribution in [2.24, 2.45) is 0 Å². The number of fused-ring (bicyclic) bond motifs is 1. The van der Waals surface area contributed by atoms with Crippen LogP contribution in [0.25, 0.3) is 0 Å².